The Morgan fingerprint density at radius 1 is 1.12 bits per heavy atom. The first-order valence-corrected chi connectivity index (χ1v) is 9.61. The van der Waals surface area contributed by atoms with E-state index in [-0.39, 0.29) is 5.56 Å². The summed E-state index contributed by atoms with van der Waals surface area (Å²) in [6, 6.07) is 6.04. The van der Waals surface area contributed by atoms with Gasteiger partial charge in [-0.25, -0.2) is 9.97 Å². The van der Waals surface area contributed by atoms with Crippen molar-refractivity contribution in [2.24, 2.45) is 0 Å². The first-order valence-electron chi connectivity index (χ1n) is 8.73. The molecule has 0 aliphatic carbocycles. The number of hydrogen-bond acceptors (Lipinski definition) is 5. The van der Waals surface area contributed by atoms with Gasteiger partial charge >= 0.3 is 0 Å². The minimum absolute atomic E-state index is 0.0330. The maximum absolute atomic E-state index is 12.7. The lowest BCUT2D eigenvalue weighted by atomic mass is 10.2. The third-order valence-electron chi connectivity index (χ3n) is 4.74. The van der Waals surface area contributed by atoms with E-state index < -0.39 is 0 Å². The van der Waals surface area contributed by atoms with Gasteiger partial charge in [0, 0.05) is 11.9 Å². The Bertz CT molecular complexity index is 969. The fraction of sp³-hybridized carbons (Fsp3) is 0.421. The summed E-state index contributed by atoms with van der Waals surface area (Å²) >= 11 is 1.64. The van der Waals surface area contributed by atoms with Gasteiger partial charge in [0.2, 0.25) is 0 Å². The van der Waals surface area contributed by atoms with E-state index >= 15 is 0 Å². The Hall–Kier alpha value is -2.05. The van der Waals surface area contributed by atoms with Crippen LogP contribution in [-0.2, 0) is 13.1 Å². The Kier molecular flexibility index (Phi) is 4.39. The molecule has 0 unspecified atom stereocenters. The van der Waals surface area contributed by atoms with Crippen LogP contribution in [0.4, 0.5) is 0 Å². The summed E-state index contributed by atoms with van der Waals surface area (Å²) in [4.78, 5) is 24.3. The SMILES string of the molecule is Cc1ccc2nc(C)c(=O)n(Cc3nc(CN4CCCC4)cs3)c2c1. The zero-order chi connectivity index (χ0) is 17.4. The van der Waals surface area contributed by atoms with Gasteiger partial charge in [-0.3, -0.25) is 14.3 Å². The highest BCUT2D eigenvalue weighted by Crippen LogP contribution is 2.18. The lowest BCUT2D eigenvalue weighted by Crippen LogP contribution is -2.24. The summed E-state index contributed by atoms with van der Waals surface area (Å²) in [5.74, 6) is 0. The summed E-state index contributed by atoms with van der Waals surface area (Å²) in [7, 11) is 0. The van der Waals surface area contributed by atoms with Crippen molar-refractivity contribution in [1.29, 1.82) is 0 Å². The highest BCUT2D eigenvalue weighted by molar-refractivity contribution is 7.09. The van der Waals surface area contributed by atoms with Gasteiger partial charge in [-0.15, -0.1) is 11.3 Å². The van der Waals surface area contributed by atoms with E-state index in [2.05, 4.69) is 15.3 Å². The molecule has 0 N–H and O–H groups in total. The highest BCUT2D eigenvalue weighted by atomic mass is 32.1. The number of fused-ring (bicyclic) bond motifs is 1. The lowest BCUT2D eigenvalue weighted by molar-refractivity contribution is 0.327. The lowest BCUT2D eigenvalue weighted by Gasteiger charge is -2.12. The molecular formula is C19H22N4OS. The van der Waals surface area contributed by atoms with Crippen molar-refractivity contribution in [2.75, 3.05) is 13.1 Å². The second-order valence-corrected chi connectivity index (χ2v) is 7.74. The number of aromatic nitrogens is 3. The van der Waals surface area contributed by atoms with E-state index in [9.17, 15) is 4.79 Å². The minimum atomic E-state index is -0.0330. The first-order chi connectivity index (χ1) is 12.1. The molecule has 4 rings (SSSR count). The van der Waals surface area contributed by atoms with Crippen LogP contribution in [0.3, 0.4) is 0 Å². The minimum Gasteiger partial charge on any atom is -0.298 e. The molecule has 0 spiro atoms. The average Bonchev–Trinajstić information content (AvgIpc) is 3.25. The molecule has 2 aromatic heterocycles. The van der Waals surface area contributed by atoms with Gasteiger partial charge < -0.3 is 0 Å². The Morgan fingerprint density at radius 3 is 2.72 bits per heavy atom. The Labute approximate surface area is 151 Å². The summed E-state index contributed by atoms with van der Waals surface area (Å²) in [6.45, 7) is 7.57. The second kappa shape index (κ2) is 6.69. The molecule has 3 aromatic rings. The third-order valence-corrected chi connectivity index (χ3v) is 5.62. The van der Waals surface area contributed by atoms with Gasteiger partial charge in [0.15, 0.2) is 0 Å². The molecule has 0 amide bonds. The molecule has 3 heterocycles. The van der Waals surface area contributed by atoms with Gasteiger partial charge in [-0.05, 0) is 57.5 Å². The van der Waals surface area contributed by atoms with Crippen molar-refractivity contribution < 1.29 is 0 Å². The summed E-state index contributed by atoms with van der Waals surface area (Å²) in [6.07, 6.45) is 2.57. The summed E-state index contributed by atoms with van der Waals surface area (Å²) in [5.41, 5.74) is 4.48. The quantitative estimate of drug-likeness (QED) is 0.722. The topological polar surface area (TPSA) is 51.0 Å². The maximum atomic E-state index is 12.7. The normalized spacial score (nSPS) is 15.3. The molecule has 1 aliphatic heterocycles. The molecule has 0 radical (unpaired) electrons. The number of benzene rings is 1. The molecule has 0 atom stereocenters. The van der Waals surface area contributed by atoms with Crippen LogP contribution >= 0.6 is 11.3 Å². The van der Waals surface area contributed by atoms with Crippen LogP contribution in [0.25, 0.3) is 11.0 Å². The smallest absolute Gasteiger partial charge is 0.272 e. The molecule has 1 fully saturated rings. The van der Waals surface area contributed by atoms with Crippen LogP contribution in [0.2, 0.25) is 0 Å². The summed E-state index contributed by atoms with van der Waals surface area (Å²) in [5, 5.41) is 3.10. The van der Waals surface area contributed by atoms with Gasteiger partial charge in [-0.1, -0.05) is 6.07 Å². The van der Waals surface area contributed by atoms with Gasteiger partial charge in [0.25, 0.3) is 5.56 Å². The number of rotatable bonds is 4. The van der Waals surface area contributed by atoms with Crippen molar-refractivity contribution in [3.8, 4) is 0 Å². The molecule has 0 bridgehead atoms. The van der Waals surface area contributed by atoms with Crippen LogP contribution in [0.15, 0.2) is 28.4 Å². The van der Waals surface area contributed by atoms with E-state index in [0.29, 0.717) is 12.2 Å². The van der Waals surface area contributed by atoms with Crippen molar-refractivity contribution in [3.05, 3.63) is 55.9 Å². The number of hydrogen-bond donors (Lipinski definition) is 0. The van der Waals surface area contributed by atoms with E-state index in [4.69, 9.17) is 4.98 Å². The molecule has 5 nitrogen and oxygen atoms in total. The monoisotopic (exact) mass is 354 g/mol. The van der Waals surface area contributed by atoms with Gasteiger partial charge in [0.05, 0.1) is 23.3 Å². The molecule has 1 saturated heterocycles. The van der Waals surface area contributed by atoms with Crippen LogP contribution in [0.5, 0.6) is 0 Å². The average molecular weight is 354 g/mol. The van der Waals surface area contributed by atoms with E-state index in [1.165, 1.54) is 25.9 Å². The van der Waals surface area contributed by atoms with E-state index in [1.807, 2.05) is 29.7 Å². The largest absolute Gasteiger partial charge is 0.298 e. The van der Waals surface area contributed by atoms with Crippen LogP contribution < -0.4 is 5.56 Å². The number of likely N-dealkylation sites (tertiary alicyclic amines) is 1. The van der Waals surface area contributed by atoms with Crippen LogP contribution in [0.1, 0.15) is 34.8 Å². The van der Waals surface area contributed by atoms with E-state index in [1.54, 1.807) is 18.3 Å². The van der Waals surface area contributed by atoms with Gasteiger partial charge in [0.1, 0.15) is 10.7 Å². The van der Waals surface area contributed by atoms with Crippen LogP contribution in [-0.4, -0.2) is 32.5 Å². The fourth-order valence-electron chi connectivity index (χ4n) is 3.43. The summed E-state index contributed by atoms with van der Waals surface area (Å²) < 4.78 is 1.81. The van der Waals surface area contributed by atoms with Crippen molar-refractivity contribution >= 4 is 22.4 Å². The third kappa shape index (κ3) is 3.37. The van der Waals surface area contributed by atoms with Crippen molar-refractivity contribution in [3.63, 3.8) is 0 Å². The van der Waals surface area contributed by atoms with Crippen molar-refractivity contribution in [2.45, 2.75) is 39.8 Å². The maximum Gasteiger partial charge on any atom is 0.272 e. The highest BCUT2D eigenvalue weighted by Gasteiger charge is 2.15. The second-order valence-electron chi connectivity index (χ2n) is 6.80. The standard InChI is InChI=1S/C19H22N4OS/c1-13-5-6-16-17(9-13)23(19(24)14(2)20-16)11-18-21-15(12-25-18)10-22-7-3-4-8-22/h5-6,9,12H,3-4,7-8,10-11H2,1-2H3. The molecular weight excluding hydrogens is 332 g/mol. The molecule has 1 aliphatic rings. The number of thiazole rings is 1. The molecule has 130 valence electrons. The Morgan fingerprint density at radius 2 is 1.92 bits per heavy atom. The Balaban J connectivity index is 1.66. The van der Waals surface area contributed by atoms with Gasteiger partial charge in [-0.2, -0.15) is 0 Å². The first kappa shape index (κ1) is 16.4. The van der Waals surface area contributed by atoms with E-state index in [0.717, 1.165) is 33.8 Å². The number of nitrogens with zero attached hydrogens (tertiary/aromatic N) is 4. The van der Waals surface area contributed by atoms with Crippen LogP contribution in [0, 0.1) is 13.8 Å². The predicted octanol–water partition coefficient (Wildman–Crippen LogP) is 3.11. The fourth-order valence-corrected chi connectivity index (χ4v) is 4.21. The zero-order valence-electron chi connectivity index (χ0n) is 14.7. The molecule has 1 aromatic carbocycles. The van der Waals surface area contributed by atoms with Crippen molar-refractivity contribution in [1.82, 2.24) is 19.4 Å². The zero-order valence-corrected chi connectivity index (χ0v) is 15.5. The molecule has 6 heteroatoms. The molecule has 0 saturated carbocycles. The molecule has 25 heavy (non-hydrogen) atoms. The number of aryl methyl sites for hydroxylation is 2. The predicted molar refractivity (Wildman–Crippen MR) is 101 cm³/mol.